The van der Waals surface area contributed by atoms with Crippen LogP contribution < -0.4 is 0 Å². The lowest BCUT2D eigenvalue weighted by Crippen LogP contribution is -2.16. The highest BCUT2D eigenvalue weighted by Gasteiger charge is 2.30. The Labute approximate surface area is 86.6 Å². The first-order valence-corrected chi connectivity index (χ1v) is 5.45. The Bertz CT molecular complexity index is 343. The van der Waals surface area contributed by atoms with E-state index in [1.807, 2.05) is 6.20 Å². The van der Waals surface area contributed by atoms with Gasteiger partial charge in [0.1, 0.15) is 0 Å². The second-order valence-corrected chi connectivity index (χ2v) is 5.47. The Balaban J connectivity index is 2.47. The Morgan fingerprint density at radius 2 is 1.93 bits per heavy atom. The minimum absolute atomic E-state index is 0.186. The van der Waals surface area contributed by atoms with Gasteiger partial charge in [0.2, 0.25) is 0 Å². The Hall–Kier alpha value is -0.850. The normalized spacial score (nSPS) is 17.1. The molecule has 1 heteroatoms. The molecule has 1 nitrogen and oxygen atoms in total. The van der Waals surface area contributed by atoms with Crippen molar-refractivity contribution >= 4 is 0 Å². The maximum atomic E-state index is 4.61. The predicted octanol–water partition coefficient (Wildman–Crippen LogP) is 3.56. The summed E-state index contributed by atoms with van der Waals surface area (Å²) in [4.78, 5) is 4.61. The first kappa shape index (κ1) is 9.70. The molecule has 0 atom stereocenters. The number of aryl methyl sites for hydroxylation is 1. The van der Waals surface area contributed by atoms with Crippen molar-refractivity contribution in [2.75, 3.05) is 0 Å². The van der Waals surface area contributed by atoms with Crippen molar-refractivity contribution in [3.8, 4) is 0 Å². The van der Waals surface area contributed by atoms with E-state index in [1.165, 1.54) is 29.7 Å². The summed E-state index contributed by atoms with van der Waals surface area (Å²) in [6.07, 6.45) is 4.70. The number of hydrogen-bond donors (Lipinski definition) is 0. The van der Waals surface area contributed by atoms with E-state index in [0.717, 1.165) is 5.92 Å². The van der Waals surface area contributed by atoms with Gasteiger partial charge in [-0.15, -0.1) is 0 Å². The second kappa shape index (κ2) is 3.08. The van der Waals surface area contributed by atoms with Crippen LogP contribution in [0.15, 0.2) is 12.3 Å². The highest BCUT2D eigenvalue weighted by Crippen LogP contribution is 2.43. The molecule has 1 aromatic heterocycles. The molecule has 1 heterocycles. The number of pyridine rings is 1. The monoisotopic (exact) mass is 189 g/mol. The van der Waals surface area contributed by atoms with Gasteiger partial charge in [-0.25, -0.2) is 0 Å². The molecule has 1 aromatic rings. The topological polar surface area (TPSA) is 12.9 Å². The quantitative estimate of drug-likeness (QED) is 0.658. The second-order valence-electron chi connectivity index (χ2n) is 5.47. The lowest BCUT2D eigenvalue weighted by molar-refractivity contribution is 0.560. The first-order valence-electron chi connectivity index (χ1n) is 5.45. The third kappa shape index (κ3) is 1.82. The zero-order valence-electron chi connectivity index (χ0n) is 9.59. The average molecular weight is 189 g/mol. The van der Waals surface area contributed by atoms with Crippen LogP contribution in [0, 0.1) is 6.92 Å². The Morgan fingerprint density at radius 3 is 2.43 bits per heavy atom. The van der Waals surface area contributed by atoms with Gasteiger partial charge in [-0.1, -0.05) is 26.8 Å². The molecular formula is C13H19N. The van der Waals surface area contributed by atoms with Crippen molar-refractivity contribution in [2.45, 2.75) is 51.9 Å². The highest BCUT2D eigenvalue weighted by molar-refractivity contribution is 5.34. The van der Waals surface area contributed by atoms with Crippen LogP contribution in [0.5, 0.6) is 0 Å². The van der Waals surface area contributed by atoms with Gasteiger partial charge in [0.25, 0.3) is 0 Å². The van der Waals surface area contributed by atoms with E-state index in [0.29, 0.717) is 0 Å². The number of nitrogens with zero attached hydrogens (tertiary/aromatic N) is 1. The number of rotatable bonds is 1. The van der Waals surface area contributed by atoms with Crippen LogP contribution in [0.2, 0.25) is 0 Å². The van der Waals surface area contributed by atoms with Crippen LogP contribution in [-0.2, 0) is 5.41 Å². The molecule has 0 unspecified atom stereocenters. The van der Waals surface area contributed by atoms with Crippen molar-refractivity contribution in [1.82, 2.24) is 4.98 Å². The molecular weight excluding hydrogens is 170 g/mol. The molecule has 0 aliphatic heterocycles. The molecule has 76 valence electrons. The minimum Gasteiger partial charge on any atom is -0.260 e. The lowest BCUT2D eigenvalue weighted by Gasteiger charge is -2.21. The molecule has 0 radical (unpaired) electrons. The van der Waals surface area contributed by atoms with Crippen LogP contribution >= 0.6 is 0 Å². The molecule has 1 aliphatic rings. The molecule has 0 aromatic carbocycles. The van der Waals surface area contributed by atoms with Gasteiger partial charge < -0.3 is 0 Å². The van der Waals surface area contributed by atoms with E-state index in [9.17, 15) is 0 Å². The largest absolute Gasteiger partial charge is 0.260 e. The van der Waals surface area contributed by atoms with Crippen molar-refractivity contribution in [3.05, 3.63) is 29.1 Å². The fourth-order valence-corrected chi connectivity index (χ4v) is 1.92. The van der Waals surface area contributed by atoms with Crippen LogP contribution in [-0.4, -0.2) is 4.98 Å². The van der Waals surface area contributed by atoms with Gasteiger partial charge in [-0.05, 0) is 36.8 Å². The van der Waals surface area contributed by atoms with Crippen LogP contribution in [0.4, 0.5) is 0 Å². The number of aromatic nitrogens is 1. The molecule has 1 saturated carbocycles. The molecule has 0 bridgehead atoms. The zero-order chi connectivity index (χ0) is 10.3. The summed E-state index contributed by atoms with van der Waals surface area (Å²) in [6.45, 7) is 8.87. The van der Waals surface area contributed by atoms with Crippen LogP contribution in [0.1, 0.15) is 56.4 Å². The van der Waals surface area contributed by atoms with Crippen LogP contribution in [0.3, 0.4) is 0 Å². The highest BCUT2D eigenvalue weighted by atomic mass is 14.7. The number of hydrogen-bond acceptors (Lipinski definition) is 1. The molecule has 2 rings (SSSR count). The van der Waals surface area contributed by atoms with E-state index >= 15 is 0 Å². The van der Waals surface area contributed by atoms with Gasteiger partial charge in [0.15, 0.2) is 0 Å². The fraction of sp³-hybridized carbons (Fsp3) is 0.615. The third-order valence-corrected chi connectivity index (χ3v) is 2.78. The van der Waals surface area contributed by atoms with Crippen molar-refractivity contribution in [2.24, 2.45) is 0 Å². The van der Waals surface area contributed by atoms with Gasteiger partial charge in [-0.3, -0.25) is 4.98 Å². The average Bonchev–Trinajstić information content (AvgIpc) is 2.83. The molecule has 0 amide bonds. The smallest absolute Gasteiger partial charge is 0.0491 e. The summed E-state index contributed by atoms with van der Waals surface area (Å²) in [5, 5.41) is 0. The lowest BCUT2D eigenvalue weighted by atomic mass is 9.86. The Kier molecular flexibility index (Phi) is 2.13. The SMILES string of the molecule is Cc1cnc(C(C)(C)C)c(C2CC2)c1. The summed E-state index contributed by atoms with van der Waals surface area (Å²) in [7, 11) is 0. The molecule has 1 fully saturated rings. The summed E-state index contributed by atoms with van der Waals surface area (Å²) in [5.74, 6) is 0.802. The fourth-order valence-electron chi connectivity index (χ4n) is 1.92. The van der Waals surface area contributed by atoms with Gasteiger partial charge in [0, 0.05) is 17.3 Å². The minimum atomic E-state index is 0.186. The first-order chi connectivity index (χ1) is 6.48. The van der Waals surface area contributed by atoms with Crippen molar-refractivity contribution < 1.29 is 0 Å². The van der Waals surface area contributed by atoms with E-state index in [1.54, 1.807) is 0 Å². The van der Waals surface area contributed by atoms with E-state index in [-0.39, 0.29) is 5.41 Å². The van der Waals surface area contributed by atoms with E-state index in [2.05, 4.69) is 38.7 Å². The summed E-state index contributed by atoms with van der Waals surface area (Å²) in [5.41, 5.74) is 4.27. The Morgan fingerprint density at radius 1 is 1.29 bits per heavy atom. The molecule has 0 N–H and O–H groups in total. The summed E-state index contributed by atoms with van der Waals surface area (Å²) >= 11 is 0. The summed E-state index contributed by atoms with van der Waals surface area (Å²) in [6, 6.07) is 2.32. The molecule has 0 spiro atoms. The van der Waals surface area contributed by atoms with Crippen molar-refractivity contribution in [3.63, 3.8) is 0 Å². The molecule has 1 aliphatic carbocycles. The zero-order valence-corrected chi connectivity index (χ0v) is 9.59. The van der Waals surface area contributed by atoms with E-state index < -0.39 is 0 Å². The van der Waals surface area contributed by atoms with Gasteiger partial charge in [0.05, 0.1) is 0 Å². The molecule has 14 heavy (non-hydrogen) atoms. The maximum Gasteiger partial charge on any atom is 0.0491 e. The predicted molar refractivity (Wildman–Crippen MR) is 59.6 cm³/mol. The van der Waals surface area contributed by atoms with Gasteiger partial charge >= 0.3 is 0 Å². The van der Waals surface area contributed by atoms with E-state index in [4.69, 9.17) is 0 Å². The van der Waals surface area contributed by atoms with Crippen molar-refractivity contribution in [1.29, 1.82) is 0 Å². The standard InChI is InChI=1S/C13H19N/c1-9-7-11(10-5-6-10)12(14-8-9)13(2,3)4/h7-8,10H,5-6H2,1-4H3. The third-order valence-electron chi connectivity index (χ3n) is 2.78. The maximum absolute atomic E-state index is 4.61. The van der Waals surface area contributed by atoms with Crippen LogP contribution in [0.25, 0.3) is 0 Å². The summed E-state index contributed by atoms with van der Waals surface area (Å²) < 4.78 is 0. The molecule has 0 saturated heterocycles. The van der Waals surface area contributed by atoms with Gasteiger partial charge in [-0.2, -0.15) is 0 Å².